The number of para-hydroxylation sites is 1. The Hall–Kier alpha value is -3.13. The molecule has 0 bridgehead atoms. The summed E-state index contributed by atoms with van der Waals surface area (Å²) in [6, 6.07) is 15.7. The Balaban J connectivity index is 2.03. The molecule has 0 aliphatic heterocycles. The SMILES string of the molecule is CCc1ccc(NC(=O)C(=O)Nc2ccccc2C#N)cc1. The first-order chi connectivity index (χ1) is 10.6. The zero-order valence-corrected chi connectivity index (χ0v) is 12.1. The van der Waals surface area contributed by atoms with E-state index in [-0.39, 0.29) is 0 Å². The van der Waals surface area contributed by atoms with Crippen molar-refractivity contribution in [2.75, 3.05) is 10.6 Å². The first-order valence-electron chi connectivity index (χ1n) is 6.84. The standard InChI is InChI=1S/C17H15N3O2/c1-2-12-7-9-14(10-8-12)19-16(21)17(22)20-15-6-4-3-5-13(15)11-18/h3-10H,2H2,1H3,(H,19,21)(H,20,22). The van der Waals surface area contributed by atoms with Crippen LogP contribution < -0.4 is 10.6 Å². The zero-order chi connectivity index (χ0) is 15.9. The van der Waals surface area contributed by atoms with Gasteiger partial charge >= 0.3 is 11.8 Å². The molecule has 0 aliphatic carbocycles. The number of hydrogen-bond acceptors (Lipinski definition) is 3. The van der Waals surface area contributed by atoms with Crippen LogP contribution in [0.4, 0.5) is 11.4 Å². The third-order valence-electron chi connectivity index (χ3n) is 3.12. The summed E-state index contributed by atoms with van der Waals surface area (Å²) in [6.07, 6.45) is 0.902. The minimum absolute atomic E-state index is 0.302. The van der Waals surface area contributed by atoms with Crippen LogP contribution in [0.2, 0.25) is 0 Å². The van der Waals surface area contributed by atoms with Crippen LogP contribution in [0.3, 0.4) is 0 Å². The van der Waals surface area contributed by atoms with E-state index >= 15 is 0 Å². The molecule has 0 aromatic heterocycles. The molecule has 5 heteroatoms. The second kappa shape index (κ2) is 7.04. The maximum Gasteiger partial charge on any atom is 0.314 e. The fourth-order valence-electron chi connectivity index (χ4n) is 1.88. The van der Waals surface area contributed by atoms with Gasteiger partial charge in [-0.1, -0.05) is 31.2 Å². The quantitative estimate of drug-likeness (QED) is 0.854. The summed E-state index contributed by atoms with van der Waals surface area (Å²) in [6.45, 7) is 2.04. The maximum absolute atomic E-state index is 11.9. The molecule has 0 saturated carbocycles. The molecule has 2 aromatic rings. The van der Waals surface area contributed by atoms with E-state index in [0.717, 1.165) is 12.0 Å². The summed E-state index contributed by atoms with van der Waals surface area (Å²) >= 11 is 0. The minimum Gasteiger partial charge on any atom is -0.318 e. The predicted octanol–water partition coefficient (Wildman–Crippen LogP) is 2.70. The van der Waals surface area contributed by atoms with Gasteiger partial charge in [0.15, 0.2) is 0 Å². The van der Waals surface area contributed by atoms with Crippen LogP contribution in [0.15, 0.2) is 48.5 Å². The van der Waals surface area contributed by atoms with Crippen molar-refractivity contribution in [3.05, 3.63) is 59.7 Å². The Morgan fingerprint density at radius 3 is 2.27 bits per heavy atom. The van der Waals surface area contributed by atoms with E-state index in [1.54, 1.807) is 36.4 Å². The number of anilines is 2. The van der Waals surface area contributed by atoms with Gasteiger partial charge in [0.05, 0.1) is 11.3 Å². The molecule has 2 aromatic carbocycles. The van der Waals surface area contributed by atoms with Gasteiger partial charge in [-0.25, -0.2) is 0 Å². The number of nitrogens with one attached hydrogen (secondary N) is 2. The fraction of sp³-hybridized carbons (Fsp3) is 0.118. The summed E-state index contributed by atoms with van der Waals surface area (Å²) in [5.74, 6) is -1.60. The van der Waals surface area contributed by atoms with Gasteiger partial charge in [-0.05, 0) is 36.2 Å². The summed E-state index contributed by atoms with van der Waals surface area (Å²) in [5, 5.41) is 13.9. The van der Waals surface area contributed by atoms with E-state index in [9.17, 15) is 9.59 Å². The average Bonchev–Trinajstić information content (AvgIpc) is 2.56. The molecular weight excluding hydrogens is 278 g/mol. The van der Waals surface area contributed by atoms with Gasteiger partial charge < -0.3 is 10.6 Å². The van der Waals surface area contributed by atoms with E-state index in [1.165, 1.54) is 0 Å². The maximum atomic E-state index is 11.9. The number of aryl methyl sites for hydroxylation is 1. The van der Waals surface area contributed by atoms with Crippen molar-refractivity contribution in [3.8, 4) is 6.07 Å². The summed E-state index contributed by atoms with van der Waals surface area (Å²) in [7, 11) is 0. The van der Waals surface area contributed by atoms with E-state index in [4.69, 9.17) is 5.26 Å². The number of carbonyl (C=O) groups is 2. The molecule has 5 nitrogen and oxygen atoms in total. The monoisotopic (exact) mass is 293 g/mol. The van der Waals surface area contributed by atoms with Crippen molar-refractivity contribution < 1.29 is 9.59 Å². The number of nitriles is 1. The van der Waals surface area contributed by atoms with Gasteiger partial charge in [-0.2, -0.15) is 5.26 Å². The average molecular weight is 293 g/mol. The Kier molecular flexibility index (Phi) is 4.89. The molecule has 110 valence electrons. The molecule has 22 heavy (non-hydrogen) atoms. The number of rotatable bonds is 3. The van der Waals surface area contributed by atoms with E-state index in [0.29, 0.717) is 16.9 Å². The van der Waals surface area contributed by atoms with Crippen molar-refractivity contribution in [1.29, 1.82) is 5.26 Å². The highest BCUT2D eigenvalue weighted by atomic mass is 16.2. The van der Waals surface area contributed by atoms with Crippen LogP contribution in [0.1, 0.15) is 18.1 Å². The van der Waals surface area contributed by atoms with Crippen LogP contribution in [0.25, 0.3) is 0 Å². The highest BCUT2D eigenvalue weighted by molar-refractivity contribution is 6.43. The normalized spacial score (nSPS) is 9.64. The third-order valence-corrected chi connectivity index (χ3v) is 3.12. The van der Waals surface area contributed by atoms with Crippen LogP contribution in [0.5, 0.6) is 0 Å². The molecule has 0 atom stereocenters. The van der Waals surface area contributed by atoms with Gasteiger partial charge in [-0.15, -0.1) is 0 Å². The van der Waals surface area contributed by atoms with Crippen LogP contribution in [-0.2, 0) is 16.0 Å². The minimum atomic E-state index is -0.817. The molecule has 0 heterocycles. The lowest BCUT2D eigenvalue weighted by molar-refractivity contribution is -0.133. The third kappa shape index (κ3) is 3.70. The number of benzene rings is 2. The Labute approximate surface area is 128 Å². The smallest absolute Gasteiger partial charge is 0.314 e. The predicted molar refractivity (Wildman–Crippen MR) is 84.2 cm³/mol. The lowest BCUT2D eigenvalue weighted by Crippen LogP contribution is -2.29. The molecular formula is C17H15N3O2. The second-order valence-corrected chi connectivity index (χ2v) is 4.62. The first-order valence-corrected chi connectivity index (χ1v) is 6.84. The van der Waals surface area contributed by atoms with Crippen molar-refractivity contribution in [3.63, 3.8) is 0 Å². The Morgan fingerprint density at radius 2 is 1.64 bits per heavy atom. The van der Waals surface area contributed by atoms with Gasteiger partial charge in [-0.3, -0.25) is 9.59 Å². The van der Waals surface area contributed by atoms with E-state index < -0.39 is 11.8 Å². The molecule has 0 fully saturated rings. The molecule has 0 aliphatic rings. The van der Waals surface area contributed by atoms with Crippen molar-refractivity contribution in [2.24, 2.45) is 0 Å². The van der Waals surface area contributed by atoms with Gasteiger partial charge in [0.25, 0.3) is 0 Å². The zero-order valence-electron chi connectivity index (χ0n) is 12.1. The largest absolute Gasteiger partial charge is 0.318 e. The number of nitrogens with zero attached hydrogens (tertiary/aromatic N) is 1. The fourth-order valence-corrected chi connectivity index (χ4v) is 1.88. The van der Waals surface area contributed by atoms with Gasteiger partial charge in [0.2, 0.25) is 0 Å². The van der Waals surface area contributed by atoms with Gasteiger partial charge in [0.1, 0.15) is 6.07 Å². The van der Waals surface area contributed by atoms with Crippen molar-refractivity contribution >= 4 is 23.2 Å². The molecule has 2 N–H and O–H groups in total. The van der Waals surface area contributed by atoms with Crippen molar-refractivity contribution in [1.82, 2.24) is 0 Å². The molecule has 0 saturated heterocycles. The van der Waals surface area contributed by atoms with E-state index in [1.807, 2.05) is 25.1 Å². The highest BCUT2D eigenvalue weighted by Crippen LogP contribution is 2.14. The van der Waals surface area contributed by atoms with Crippen LogP contribution >= 0.6 is 0 Å². The lowest BCUT2D eigenvalue weighted by atomic mass is 10.1. The number of carbonyl (C=O) groups excluding carboxylic acids is 2. The number of amides is 2. The van der Waals surface area contributed by atoms with Gasteiger partial charge in [0, 0.05) is 5.69 Å². The summed E-state index contributed by atoms with van der Waals surface area (Å²) in [5.41, 5.74) is 2.30. The molecule has 2 amide bonds. The van der Waals surface area contributed by atoms with Crippen LogP contribution in [-0.4, -0.2) is 11.8 Å². The van der Waals surface area contributed by atoms with E-state index in [2.05, 4.69) is 10.6 Å². The second-order valence-electron chi connectivity index (χ2n) is 4.62. The van der Waals surface area contributed by atoms with Crippen LogP contribution in [0, 0.1) is 11.3 Å². The Morgan fingerprint density at radius 1 is 1.00 bits per heavy atom. The Bertz CT molecular complexity index is 730. The molecule has 0 unspecified atom stereocenters. The summed E-state index contributed by atoms with van der Waals surface area (Å²) in [4.78, 5) is 23.7. The lowest BCUT2D eigenvalue weighted by Gasteiger charge is -2.08. The summed E-state index contributed by atoms with van der Waals surface area (Å²) < 4.78 is 0. The highest BCUT2D eigenvalue weighted by Gasteiger charge is 2.15. The number of hydrogen-bond donors (Lipinski definition) is 2. The topological polar surface area (TPSA) is 82.0 Å². The first kappa shape index (κ1) is 15.3. The molecule has 0 spiro atoms. The molecule has 0 radical (unpaired) electrons. The molecule has 2 rings (SSSR count). The van der Waals surface area contributed by atoms with Crippen molar-refractivity contribution in [2.45, 2.75) is 13.3 Å².